The van der Waals surface area contributed by atoms with Gasteiger partial charge in [-0.25, -0.2) is 4.79 Å². The predicted octanol–water partition coefficient (Wildman–Crippen LogP) is 2.63. The average molecular weight is 256 g/mol. The number of nitrogens with one attached hydrogen (secondary N) is 1. The van der Waals surface area contributed by atoms with Crippen LogP contribution in [0.15, 0.2) is 0 Å². The standard InChI is InChI=1S/C14H28N2O2/c1-6-12(15-5)11-7-9-16(10-8-11)13(17)18-14(2,3)4/h11-12,15H,6-10H2,1-5H3. The van der Waals surface area contributed by atoms with E-state index < -0.39 is 5.60 Å². The molecule has 0 spiro atoms. The van der Waals surface area contributed by atoms with E-state index in [2.05, 4.69) is 12.2 Å². The molecule has 1 N–H and O–H groups in total. The third-order valence-electron chi connectivity index (χ3n) is 3.57. The highest BCUT2D eigenvalue weighted by atomic mass is 16.6. The second kappa shape index (κ2) is 6.41. The molecule has 0 saturated carbocycles. The summed E-state index contributed by atoms with van der Waals surface area (Å²) in [6.45, 7) is 9.57. The molecule has 106 valence electrons. The van der Waals surface area contributed by atoms with Crippen LogP contribution in [-0.2, 0) is 4.74 Å². The van der Waals surface area contributed by atoms with E-state index in [1.165, 1.54) is 0 Å². The molecular formula is C14H28N2O2. The van der Waals surface area contributed by atoms with Gasteiger partial charge < -0.3 is 15.0 Å². The fourth-order valence-electron chi connectivity index (χ4n) is 2.58. The van der Waals surface area contributed by atoms with E-state index in [9.17, 15) is 4.79 Å². The quantitative estimate of drug-likeness (QED) is 0.844. The van der Waals surface area contributed by atoms with Crippen LogP contribution < -0.4 is 5.32 Å². The maximum Gasteiger partial charge on any atom is 0.410 e. The molecule has 1 saturated heterocycles. The number of hydrogen-bond acceptors (Lipinski definition) is 3. The molecule has 1 aliphatic rings. The van der Waals surface area contributed by atoms with Gasteiger partial charge in [-0.3, -0.25) is 0 Å². The van der Waals surface area contributed by atoms with Crippen LogP contribution in [0.4, 0.5) is 4.79 Å². The largest absolute Gasteiger partial charge is 0.444 e. The highest BCUT2D eigenvalue weighted by molar-refractivity contribution is 5.68. The first-order chi connectivity index (χ1) is 8.37. The Balaban J connectivity index is 2.41. The predicted molar refractivity (Wildman–Crippen MR) is 73.7 cm³/mol. The van der Waals surface area contributed by atoms with Crippen LogP contribution in [0.2, 0.25) is 0 Å². The molecule has 1 atom stereocenters. The summed E-state index contributed by atoms with van der Waals surface area (Å²) < 4.78 is 5.40. The Morgan fingerprint density at radius 2 is 1.94 bits per heavy atom. The molecular weight excluding hydrogens is 228 g/mol. The maximum absolute atomic E-state index is 11.9. The normalized spacial score (nSPS) is 19.7. The van der Waals surface area contributed by atoms with Crippen LogP contribution in [0.5, 0.6) is 0 Å². The molecule has 18 heavy (non-hydrogen) atoms. The Bertz CT molecular complexity index is 261. The van der Waals surface area contributed by atoms with Crippen molar-refractivity contribution in [2.24, 2.45) is 5.92 Å². The summed E-state index contributed by atoms with van der Waals surface area (Å²) in [6, 6.07) is 0.575. The molecule has 1 fully saturated rings. The molecule has 0 bridgehead atoms. The number of piperidine rings is 1. The first kappa shape index (κ1) is 15.3. The molecule has 1 heterocycles. The van der Waals surface area contributed by atoms with Crippen molar-refractivity contribution in [2.75, 3.05) is 20.1 Å². The van der Waals surface area contributed by atoms with Crippen molar-refractivity contribution in [1.82, 2.24) is 10.2 Å². The lowest BCUT2D eigenvalue weighted by atomic mass is 9.88. The number of amides is 1. The minimum absolute atomic E-state index is 0.168. The van der Waals surface area contributed by atoms with Gasteiger partial charge in [0, 0.05) is 19.1 Å². The number of carbonyl (C=O) groups is 1. The van der Waals surface area contributed by atoms with Crippen molar-refractivity contribution in [3.05, 3.63) is 0 Å². The Morgan fingerprint density at radius 3 is 2.33 bits per heavy atom. The highest BCUT2D eigenvalue weighted by Crippen LogP contribution is 2.23. The number of ether oxygens (including phenoxy) is 1. The number of rotatable bonds is 3. The lowest BCUT2D eigenvalue weighted by Gasteiger charge is -2.36. The second-order valence-electron chi connectivity index (χ2n) is 6.11. The molecule has 4 heteroatoms. The molecule has 1 rings (SSSR count). The summed E-state index contributed by atoms with van der Waals surface area (Å²) in [5.74, 6) is 0.679. The van der Waals surface area contributed by atoms with Crippen molar-refractivity contribution in [1.29, 1.82) is 0 Å². The van der Waals surface area contributed by atoms with E-state index in [0.29, 0.717) is 12.0 Å². The monoisotopic (exact) mass is 256 g/mol. The summed E-state index contributed by atoms with van der Waals surface area (Å²) >= 11 is 0. The molecule has 1 amide bonds. The van der Waals surface area contributed by atoms with E-state index in [0.717, 1.165) is 32.4 Å². The molecule has 4 nitrogen and oxygen atoms in total. The van der Waals surface area contributed by atoms with Gasteiger partial charge in [-0.1, -0.05) is 6.92 Å². The van der Waals surface area contributed by atoms with Crippen molar-refractivity contribution >= 4 is 6.09 Å². The van der Waals surface area contributed by atoms with E-state index in [4.69, 9.17) is 4.74 Å². The molecule has 1 aliphatic heterocycles. The van der Waals surface area contributed by atoms with E-state index >= 15 is 0 Å². The van der Waals surface area contributed by atoms with Crippen LogP contribution in [0.25, 0.3) is 0 Å². The molecule has 0 aliphatic carbocycles. The number of nitrogens with zero attached hydrogens (tertiary/aromatic N) is 1. The second-order valence-corrected chi connectivity index (χ2v) is 6.11. The Morgan fingerprint density at radius 1 is 1.39 bits per heavy atom. The van der Waals surface area contributed by atoms with Gasteiger partial charge in [-0.2, -0.15) is 0 Å². The minimum Gasteiger partial charge on any atom is -0.444 e. The summed E-state index contributed by atoms with van der Waals surface area (Å²) in [4.78, 5) is 13.8. The first-order valence-electron chi connectivity index (χ1n) is 7.02. The van der Waals surface area contributed by atoms with Crippen LogP contribution in [0.3, 0.4) is 0 Å². The van der Waals surface area contributed by atoms with Gasteiger partial charge in [0.1, 0.15) is 5.60 Å². The fraction of sp³-hybridized carbons (Fsp3) is 0.929. The van der Waals surface area contributed by atoms with Gasteiger partial charge in [0.15, 0.2) is 0 Å². The van der Waals surface area contributed by atoms with Gasteiger partial charge in [0.05, 0.1) is 0 Å². The van der Waals surface area contributed by atoms with Gasteiger partial charge >= 0.3 is 6.09 Å². The summed E-state index contributed by atoms with van der Waals surface area (Å²) in [5.41, 5.74) is -0.398. The summed E-state index contributed by atoms with van der Waals surface area (Å²) in [7, 11) is 2.02. The van der Waals surface area contributed by atoms with Crippen LogP contribution in [0.1, 0.15) is 47.0 Å². The Hall–Kier alpha value is -0.770. The molecule has 0 radical (unpaired) electrons. The zero-order valence-corrected chi connectivity index (χ0v) is 12.5. The molecule has 0 aromatic heterocycles. The number of carbonyl (C=O) groups excluding carboxylic acids is 1. The van der Waals surface area contributed by atoms with Crippen molar-refractivity contribution in [3.8, 4) is 0 Å². The third-order valence-corrected chi connectivity index (χ3v) is 3.57. The van der Waals surface area contributed by atoms with E-state index in [1.807, 2.05) is 32.7 Å². The number of hydrogen-bond donors (Lipinski definition) is 1. The number of likely N-dealkylation sites (tertiary alicyclic amines) is 1. The van der Waals surface area contributed by atoms with Crippen molar-refractivity contribution in [3.63, 3.8) is 0 Å². The lowest BCUT2D eigenvalue weighted by molar-refractivity contribution is 0.0169. The maximum atomic E-state index is 11.9. The smallest absolute Gasteiger partial charge is 0.410 e. The van der Waals surface area contributed by atoms with Crippen LogP contribution in [-0.4, -0.2) is 42.8 Å². The first-order valence-corrected chi connectivity index (χ1v) is 7.02. The van der Waals surface area contributed by atoms with Crippen LogP contribution in [0, 0.1) is 5.92 Å². The fourth-order valence-corrected chi connectivity index (χ4v) is 2.58. The lowest BCUT2D eigenvalue weighted by Crippen LogP contribution is -2.45. The molecule has 0 aromatic carbocycles. The average Bonchev–Trinajstić information content (AvgIpc) is 2.29. The Kier molecular flexibility index (Phi) is 5.45. The van der Waals surface area contributed by atoms with Crippen LogP contribution >= 0.6 is 0 Å². The van der Waals surface area contributed by atoms with E-state index in [-0.39, 0.29) is 6.09 Å². The zero-order valence-electron chi connectivity index (χ0n) is 12.5. The zero-order chi connectivity index (χ0) is 13.8. The topological polar surface area (TPSA) is 41.6 Å². The van der Waals surface area contributed by atoms with Gasteiger partial charge in [0.25, 0.3) is 0 Å². The van der Waals surface area contributed by atoms with E-state index in [1.54, 1.807) is 0 Å². The van der Waals surface area contributed by atoms with Crippen molar-refractivity contribution < 1.29 is 9.53 Å². The van der Waals surface area contributed by atoms with Gasteiger partial charge in [0.2, 0.25) is 0 Å². The Labute approximate surface area is 111 Å². The SMILES string of the molecule is CCC(NC)C1CCN(C(=O)OC(C)(C)C)CC1. The van der Waals surface area contributed by atoms with Gasteiger partial charge in [-0.05, 0) is 53.0 Å². The van der Waals surface area contributed by atoms with Gasteiger partial charge in [-0.15, -0.1) is 0 Å². The minimum atomic E-state index is -0.398. The van der Waals surface area contributed by atoms with Crippen molar-refractivity contribution in [2.45, 2.75) is 58.6 Å². The molecule has 0 aromatic rings. The third kappa shape index (κ3) is 4.48. The summed E-state index contributed by atoms with van der Waals surface area (Å²) in [5, 5.41) is 3.37. The molecule has 1 unspecified atom stereocenters. The summed E-state index contributed by atoms with van der Waals surface area (Å²) in [6.07, 6.45) is 3.11. The highest BCUT2D eigenvalue weighted by Gasteiger charge is 2.29.